The molecule has 2 aliphatic carbocycles. The first-order chi connectivity index (χ1) is 25.7. The fourth-order valence-electron chi connectivity index (χ4n) is 5.15. The number of ether oxygens (including phenoxy) is 2. The summed E-state index contributed by atoms with van der Waals surface area (Å²) in [6, 6.07) is 8.72. The van der Waals surface area contributed by atoms with E-state index in [0.29, 0.717) is 5.92 Å². The van der Waals surface area contributed by atoms with Crippen molar-refractivity contribution in [3.63, 3.8) is 0 Å². The summed E-state index contributed by atoms with van der Waals surface area (Å²) in [5.74, 6) is -0.124. The summed E-state index contributed by atoms with van der Waals surface area (Å²) in [4.78, 5) is 36.6. The highest BCUT2D eigenvalue weighted by atomic mass is 16.5. The number of aliphatic hydroxyl groups is 1. The van der Waals surface area contributed by atoms with Crippen LogP contribution in [-0.2, 0) is 22.6 Å². The van der Waals surface area contributed by atoms with Crippen molar-refractivity contribution in [2.45, 2.75) is 97.2 Å². The number of rotatable bonds is 15. The van der Waals surface area contributed by atoms with Gasteiger partial charge in [-0.1, -0.05) is 120 Å². The van der Waals surface area contributed by atoms with Crippen molar-refractivity contribution in [1.29, 1.82) is 0 Å². The van der Waals surface area contributed by atoms with Crippen LogP contribution in [0.3, 0.4) is 0 Å². The molecule has 1 saturated carbocycles. The van der Waals surface area contributed by atoms with Crippen molar-refractivity contribution in [2.24, 2.45) is 11.7 Å². The molecule has 0 radical (unpaired) electrons. The molecule has 2 aliphatic rings. The zero-order valence-corrected chi connectivity index (χ0v) is 32.3. The number of terminal acetylenes is 1. The van der Waals surface area contributed by atoms with Gasteiger partial charge >= 0.3 is 0 Å². The third-order valence-corrected chi connectivity index (χ3v) is 7.93. The third kappa shape index (κ3) is 22.6. The summed E-state index contributed by atoms with van der Waals surface area (Å²) in [6.07, 6.45) is 33.4. The molecule has 1 aromatic carbocycles. The van der Waals surface area contributed by atoms with E-state index in [-0.39, 0.29) is 43.0 Å². The minimum absolute atomic E-state index is 0.0170. The summed E-state index contributed by atoms with van der Waals surface area (Å²) in [5, 5.41) is 17.9. The molecule has 1 unspecified atom stereocenters. The first kappa shape index (κ1) is 48.1. The van der Waals surface area contributed by atoms with Gasteiger partial charge in [-0.05, 0) is 37.0 Å². The van der Waals surface area contributed by atoms with Crippen LogP contribution in [-0.4, -0.2) is 66.1 Å². The second-order valence-corrected chi connectivity index (χ2v) is 12.2. The molecule has 11 heteroatoms. The number of nitrogens with two attached hydrogens (primary N) is 1. The normalized spacial score (nSPS) is 14.4. The van der Waals surface area contributed by atoms with Gasteiger partial charge in [-0.15, -0.1) is 12.8 Å². The van der Waals surface area contributed by atoms with Crippen LogP contribution in [0.25, 0.3) is 0 Å². The molecule has 5 N–H and O–H groups in total. The van der Waals surface area contributed by atoms with E-state index in [1.54, 1.807) is 44.6 Å². The quantitative estimate of drug-likeness (QED) is 0.0902. The predicted molar refractivity (Wildman–Crippen MR) is 214 cm³/mol. The number of carbonyl (C=O) groups is 3. The lowest BCUT2D eigenvalue weighted by atomic mass is 9.95. The largest absolute Gasteiger partial charge is 0.497 e. The molecule has 3 amide bonds. The fraction of sp³-hybridized carbons (Fsp3) is 0.476. The lowest BCUT2D eigenvalue weighted by Gasteiger charge is -2.22. The molecule has 0 aliphatic heterocycles. The van der Waals surface area contributed by atoms with E-state index in [0.717, 1.165) is 50.0 Å². The average molecular weight is 734 g/mol. The lowest BCUT2D eigenvalue weighted by Crippen LogP contribution is -2.39. The standard InChI is InChI=1S/C21H27N5O4.C8H12O.C6H14.C5H8O.C2H2/c1-30-16-9-7-14(8-10-16)12-23-21(29)17-11-18(20(22)28)26(25-17)13-19(27)24-15-5-3-2-4-6-15;1-9-7-8-5-3-2-4-6-8;1-3-5-6-4-2;1-2-3-4-5-6;1-2/h7-11,15H,2-6,12-13H2,1H3,(H2,22,28)(H,23,29)(H,24,27);2-5,8H,6-7H2,1H3;3-6H2,1-2H3;2-4,6H,1,5H2;1-2H/b;;;4-3+;. The van der Waals surface area contributed by atoms with E-state index >= 15 is 0 Å². The monoisotopic (exact) mass is 733 g/mol. The minimum Gasteiger partial charge on any atom is -0.497 e. The number of methoxy groups -OCH3 is 2. The van der Waals surface area contributed by atoms with Crippen molar-refractivity contribution >= 4 is 17.7 Å². The Balaban J connectivity index is 0.000000951. The van der Waals surface area contributed by atoms with Gasteiger partial charge < -0.3 is 30.9 Å². The number of hydrogen-bond donors (Lipinski definition) is 4. The zero-order chi connectivity index (χ0) is 39.7. The van der Waals surface area contributed by atoms with Gasteiger partial charge in [0.2, 0.25) is 5.91 Å². The van der Waals surface area contributed by atoms with Crippen LogP contribution in [0.4, 0.5) is 0 Å². The molecule has 1 aromatic heterocycles. The van der Waals surface area contributed by atoms with E-state index in [2.05, 4.69) is 73.3 Å². The summed E-state index contributed by atoms with van der Waals surface area (Å²) >= 11 is 0. The predicted octanol–water partition coefficient (Wildman–Crippen LogP) is 6.69. The van der Waals surface area contributed by atoms with E-state index in [1.165, 1.54) is 42.9 Å². The Morgan fingerprint density at radius 1 is 1.06 bits per heavy atom. The number of nitrogens with one attached hydrogen (secondary N) is 2. The van der Waals surface area contributed by atoms with Crippen LogP contribution in [0.1, 0.15) is 105 Å². The molecule has 53 heavy (non-hydrogen) atoms. The number of nitrogens with zero attached hydrogens (tertiary/aromatic N) is 2. The van der Waals surface area contributed by atoms with Gasteiger partial charge in [0.15, 0.2) is 5.69 Å². The van der Waals surface area contributed by atoms with Gasteiger partial charge in [-0.3, -0.25) is 14.4 Å². The third-order valence-electron chi connectivity index (χ3n) is 7.93. The molecule has 0 saturated heterocycles. The van der Waals surface area contributed by atoms with Crippen LogP contribution in [0.2, 0.25) is 0 Å². The minimum atomic E-state index is -0.748. The number of hydrogen-bond acceptors (Lipinski definition) is 7. The van der Waals surface area contributed by atoms with Crippen molar-refractivity contribution in [2.75, 3.05) is 27.4 Å². The second kappa shape index (κ2) is 31.8. The molecule has 1 atom stereocenters. The Hall–Kier alpha value is -4.92. The highest BCUT2D eigenvalue weighted by Crippen LogP contribution is 2.17. The van der Waals surface area contributed by atoms with E-state index < -0.39 is 11.8 Å². The molecule has 11 nitrogen and oxygen atoms in total. The Kier molecular flexibility index (Phi) is 28.8. The zero-order valence-electron chi connectivity index (χ0n) is 32.3. The van der Waals surface area contributed by atoms with Crippen molar-refractivity contribution in [3.8, 4) is 18.6 Å². The van der Waals surface area contributed by atoms with Crippen molar-refractivity contribution < 1.29 is 29.0 Å². The Bertz CT molecular complexity index is 1400. The van der Waals surface area contributed by atoms with Gasteiger partial charge in [-0.2, -0.15) is 5.10 Å². The summed E-state index contributed by atoms with van der Waals surface area (Å²) in [5.41, 5.74) is 6.33. The lowest BCUT2D eigenvalue weighted by molar-refractivity contribution is -0.122. The van der Waals surface area contributed by atoms with E-state index in [9.17, 15) is 14.4 Å². The maximum Gasteiger partial charge on any atom is 0.272 e. The van der Waals surface area contributed by atoms with Gasteiger partial charge in [0.05, 0.1) is 20.3 Å². The molecule has 0 spiro atoms. The Morgan fingerprint density at radius 2 is 1.72 bits per heavy atom. The average Bonchev–Trinajstić information content (AvgIpc) is 3.62. The van der Waals surface area contributed by atoms with Gasteiger partial charge in [-0.25, -0.2) is 4.68 Å². The number of carbonyl (C=O) groups excluding carboxylic acids is 3. The molecule has 2 aromatic rings. The number of allylic oxidation sites excluding steroid dienone is 5. The maximum atomic E-state index is 12.5. The number of aromatic nitrogens is 2. The van der Waals surface area contributed by atoms with Gasteiger partial charge in [0.25, 0.3) is 11.8 Å². The van der Waals surface area contributed by atoms with Crippen LogP contribution in [0.5, 0.6) is 5.75 Å². The Labute approximate surface area is 317 Å². The molecule has 1 heterocycles. The highest BCUT2D eigenvalue weighted by Gasteiger charge is 2.21. The van der Waals surface area contributed by atoms with Gasteiger partial charge in [0, 0.05) is 31.7 Å². The number of amides is 3. The molecule has 1 fully saturated rings. The Morgan fingerprint density at radius 3 is 2.21 bits per heavy atom. The number of aliphatic hydroxyl groups excluding tert-OH is 1. The van der Waals surface area contributed by atoms with Crippen LogP contribution in [0, 0.1) is 18.8 Å². The van der Waals surface area contributed by atoms with Crippen LogP contribution in [0.15, 0.2) is 79.4 Å². The SMILES string of the molecule is C#C.C=C/C=C/CO.CCCCCC.COCC1C=CC=CC1.COc1ccc(CNC(=O)c2cc(C(N)=O)n(CC(=O)NC3CCCCC3)n2)cc1. The van der Waals surface area contributed by atoms with Crippen LogP contribution >= 0.6 is 0 Å². The molecule has 292 valence electrons. The molecular weight excluding hydrogens is 670 g/mol. The topological polar surface area (TPSA) is 158 Å². The summed E-state index contributed by atoms with van der Waals surface area (Å²) in [6.45, 7) is 8.93. The van der Waals surface area contributed by atoms with E-state index in [1.807, 2.05) is 12.1 Å². The number of benzene rings is 1. The van der Waals surface area contributed by atoms with Crippen molar-refractivity contribution in [1.82, 2.24) is 20.4 Å². The molecular formula is C42H63N5O6. The maximum absolute atomic E-state index is 12.5. The van der Waals surface area contributed by atoms with E-state index in [4.69, 9.17) is 20.3 Å². The highest BCUT2D eigenvalue weighted by molar-refractivity contribution is 5.97. The summed E-state index contributed by atoms with van der Waals surface area (Å²) < 4.78 is 11.3. The summed E-state index contributed by atoms with van der Waals surface area (Å²) in [7, 11) is 3.32. The van der Waals surface area contributed by atoms with Gasteiger partial charge in [0.1, 0.15) is 18.0 Å². The molecule has 4 rings (SSSR count). The first-order valence-corrected chi connectivity index (χ1v) is 18.3. The second-order valence-electron chi connectivity index (χ2n) is 12.2. The fourth-order valence-corrected chi connectivity index (χ4v) is 5.15. The van der Waals surface area contributed by atoms with Crippen molar-refractivity contribution in [3.05, 3.63) is 96.4 Å². The molecule has 0 bridgehead atoms. The number of unbranched alkanes of at least 4 members (excludes halogenated alkanes) is 3. The number of primary amides is 1. The van der Waals surface area contributed by atoms with Crippen LogP contribution < -0.4 is 21.1 Å². The first-order valence-electron chi connectivity index (χ1n) is 18.3. The smallest absolute Gasteiger partial charge is 0.272 e.